The van der Waals surface area contributed by atoms with Gasteiger partial charge in [0.2, 0.25) is 17.8 Å². The van der Waals surface area contributed by atoms with Crippen molar-refractivity contribution in [1.29, 1.82) is 0 Å². The Hall–Kier alpha value is -2.13. The first-order chi connectivity index (χ1) is 15.3. The summed E-state index contributed by atoms with van der Waals surface area (Å²) in [6, 6.07) is 6.31. The number of rotatable bonds is 8. The number of benzene rings is 1. The van der Waals surface area contributed by atoms with Gasteiger partial charge in [-0.3, -0.25) is 0 Å². The molecule has 0 saturated carbocycles. The maximum Gasteiger partial charge on any atom is 0.233 e. The van der Waals surface area contributed by atoms with Crippen LogP contribution in [0.25, 0.3) is 10.2 Å². The number of fused-ring (bicyclic) bond motifs is 1. The Bertz CT molecular complexity index is 992. The SMILES string of the molecule is CCCCSc1nc2ccc(Nc3nc(N4CCCC4)nc(N4CCCC4)n3)cc2s1. The van der Waals surface area contributed by atoms with E-state index >= 15 is 0 Å². The fraction of sp³-hybridized carbons (Fsp3) is 0.545. The van der Waals surface area contributed by atoms with E-state index in [1.54, 1.807) is 11.3 Å². The minimum absolute atomic E-state index is 0.625. The number of nitrogens with zero attached hydrogens (tertiary/aromatic N) is 6. The highest BCUT2D eigenvalue weighted by Crippen LogP contribution is 2.32. The van der Waals surface area contributed by atoms with Gasteiger partial charge in [0.05, 0.1) is 10.2 Å². The van der Waals surface area contributed by atoms with E-state index in [-0.39, 0.29) is 0 Å². The number of hydrogen-bond acceptors (Lipinski definition) is 9. The third-order valence-electron chi connectivity index (χ3n) is 5.74. The van der Waals surface area contributed by atoms with Crippen LogP contribution in [0.4, 0.5) is 23.5 Å². The molecule has 0 bridgehead atoms. The first-order valence-electron chi connectivity index (χ1n) is 11.3. The summed E-state index contributed by atoms with van der Waals surface area (Å²) in [6.07, 6.45) is 7.26. The first-order valence-corrected chi connectivity index (χ1v) is 13.1. The lowest BCUT2D eigenvalue weighted by Crippen LogP contribution is -2.25. The molecule has 2 aliphatic heterocycles. The van der Waals surface area contributed by atoms with Crippen LogP contribution in [0.2, 0.25) is 0 Å². The molecule has 1 N–H and O–H groups in total. The van der Waals surface area contributed by atoms with Gasteiger partial charge in [-0.1, -0.05) is 25.1 Å². The number of thioether (sulfide) groups is 1. The van der Waals surface area contributed by atoms with Crippen molar-refractivity contribution in [2.75, 3.05) is 47.0 Å². The number of anilines is 4. The Morgan fingerprint density at radius 1 is 0.935 bits per heavy atom. The summed E-state index contributed by atoms with van der Waals surface area (Å²) < 4.78 is 2.34. The Kier molecular flexibility index (Phi) is 6.40. The molecule has 31 heavy (non-hydrogen) atoms. The lowest BCUT2D eigenvalue weighted by molar-refractivity contribution is 0.841. The summed E-state index contributed by atoms with van der Waals surface area (Å²) in [7, 11) is 0. The second kappa shape index (κ2) is 9.56. The lowest BCUT2D eigenvalue weighted by atomic mass is 10.3. The number of unbranched alkanes of at least 4 members (excludes halogenated alkanes) is 1. The molecule has 2 aliphatic rings. The van der Waals surface area contributed by atoms with Crippen molar-refractivity contribution >= 4 is 56.8 Å². The fourth-order valence-corrected chi connectivity index (χ4v) is 6.26. The van der Waals surface area contributed by atoms with Gasteiger partial charge < -0.3 is 15.1 Å². The Morgan fingerprint density at radius 2 is 1.61 bits per heavy atom. The summed E-state index contributed by atoms with van der Waals surface area (Å²) in [4.78, 5) is 23.7. The molecule has 0 atom stereocenters. The predicted octanol–water partition coefficient (Wildman–Crippen LogP) is 5.32. The van der Waals surface area contributed by atoms with Crippen LogP contribution in [0.5, 0.6) is 0 Å². The molecule has 2 saturated heterocycles. The van der Waals surface area contributed by atoms with Gasteiger partial charge in [-0.15, -0.1) is 11.3 Å². The van der Waals surface area contributed by atoms with Crippen LogP contribution >= 0.6 is 23.1 Å². The van der Waals surface area contributed by atoms with Crippen molar-refractivity contribution in [3.63, 3.8) is 0 Å². The Labute approximate surface area is 191 Å². The summed E-state index contributed by atoms with van der Waals surface area (Å²) >= 11 is 3.62. The molecule has 164 valence electrons. The topological polar surface area (TPSA) is 70.1 Å². The third kappa shape index (κ3) is 4.87. The van der Waals surface area contributed by atoms with E-state index in [2.05, 4.69) is 40.2 Å². The average Bonchev–Trinajstić information content (AvgIpc) is 3.55. The molecule has 2 aromatic heterocycles. The van der Waals surface area contributed by atoms with E-state index in [1.165, 1.54) is 43.2 Å². The zero-order valence-corrected chi connectivity index (χ0v) is 19.6. The summed E-state index contributed by atoms with van der Waals surface area (Å²) in [5.74, 6) is 3.35. The summed E-state index contributed by atoms with van der Waals surface area (Å²) in [6.45, 7) is 6.31. The van der Waals surface area contributed by atoms with Gasteiger partial charge in [-0.2, -0.15) is 15.0 Å². The van der Waals surface area contributed by atoms with E-state index in [0.29, 0.717) is 5.95 Å². The largest absolute Gasteiger partial charge is 0.341 e. The Balaban J connectivity index is 1.39. The normalized spacial score (nSPS) is 16.5. The molecule has 3 aromatic rings. The van der Waals surface area contributed by atoms with E-state index in [0.717, 1.165) is 59.4 Å². The average molecular weight is 456 g/mol. The maximum atomic E-state index is 4.81. The molecule has 0 unspecified atom stereocenters. The molecule has 7 nitrogen and oxygen atoms in total. The van der Waals surface area contributed by atoms with Gasteiger partial charge >= 0.3 is 0 Å². The van der Waals surface area contributed by atoms with E-state index < -0.39 is 0 Å². The molecule has 0 spiro atoms. The standard InChI is InChI=1S/C22H29N7S2/c1-2-3-14-30-22-24-17-9-8-16(15-18(17)31-22)23-19-25-20(28-10-4-5-11-28)27-21(26-19)29-12-6-7-13-29/h8-9,15H,2-7,10-14H2,1H3,(H,23,25,26,27). The number of nitrogens with one attached hydrogen (secondary N) is 1. The van der Waals surface area contributed by atoms with Gasteiger partial charge in [-0.05, 0) is 50.3 Å². The Morgan fingerprint density at radius 3 is 2.26 bits per heavy atom. The molecule has 5 rings (SSSR count). The summed E-state index contributed by atoms with van der Waals surface area (Å²) in [5.41, 5.74) is 2.05. The van der Waals surface area contributed by atoms with E-state index in [9.17, 15) is 0 Å². The molecule has 4 heterocycles. The predicted molar refractivity (Wildman–Crippen MR) is 131 cm³/mol. The monoisotopic (exact) mass is 455 g/mol. The van der Waals surface area contributed by atoms with Crippen LogP contribution in [0.3, 0.4) is 0 Å². The molecule has 0 amide bonds. The summed E-state index contributed by atoms with van der Waals surface area (Å²) in [5, 5.41) is 3.44. The van der Waals surface area contributed by atoms with Crippen molar-refractivity contribution in [1.82, 2.24) is 19.9 Å². The van der Waals surface area contributed by atoms with Gasteiger partial charge in [0.1, 0.15) is 0 Å². The molecular formula is C22H29N7S2. The fourth-order valence-electron chi connectivity index (χ4n) is 4.00. The number of thiazole rings is 1. The highest BCUT2D eigenvalue weighted by Gasteiger charge is 2.21. The van der Waals surface area contributed by atoms with E-state index in [1.807, 2.05) is 11.8 Å². The van der Waals surface area contributed by atoms with Crippen LogP contribution in [-0.4, -0.2) is 51.9 Å². The highest BCUT2D eigenvalue weighted by molar-refractivity contribution is 8.01. The molecule has 1 aromatic carbocycles. The molecule has 0 aliphatic carbocycles. The number of aromatic nitrogens is 4. The van der Waals surface area contributed by atoms with Gasteiger partial charge in [0, 0.05) is 37.6 Å². The minimum Gasteiger partial charge on any atom is -0.341 e. The van der Waals surface area contributed by atoms with Crippen LogP contribution in [0.1, 0.15) is 45.4 Å². The van der Waals surface area contributed by atoms with Crippen molar-refractivity contribution in [2.45, 2.75) is 49.8 Å². The van der Waals surface area contributed by atoms with Crippen LogP contribution in [0.15, 0.2) is 22.5 Å². The van der Waals surface area contributed by atoms with Crippen molar-refractivity contribution in [3.05, 3.63) is 18.2 Å². The van der Waals surface area contributed by atoms with Gasteiger partial charge in [0.15, 0.2) is 4.34 Å². The van der Waals surface area contributed by atoms with Crippen molar-refractivity contribution in [3.8, 4) is 0 Å². The molecule has 2 fully saturated rings. The zero-order valence-electron chi connectivity index (χ0n) is 18.0. The minimum atomic E-state index is 0.625. The van der Waals surface area contributed by atoms with Crippen LogP contribution in [-0.2, 0) is 0 Å². The van der Waals surface area contributed by atoms with Crippen LogP contribution < -0.4 is 15.1 Å². The zero-order chi connectivity index (χ0) is 21.0. The van der Waals surface area contributed by atoms with Crippen LogP contribution in [0, 0.1) is 0 Å². The van der Waals surface area contributed by atoms with E-state index in [4.69, 9.17) is 19.9 Å². The van der Waals surface area contributed by atoms with Gasteiger partial charge in [-0.25, -0.2) is 4.98 Å². The quantitative estimate of drug-likeness (QED) is 0.362. The second-order valence-electron chi connectivity index (χ2n) is 8.14. The smallest absolute Gasteiger partial charge is 0.233 e. The molecule has 9 heteroatoms. The maximum absolute atomic E-state index is 4.81. The molecule has 0 radical (unpaired) electrons. The second-order valence-corrected chi connectivity index (χ2v) is 10.5. The first kappa shape index (κ1) is 20.8. The van der Waals surface area contributed by atoms with Gasteiger partial charge in [0.25, 0.3) is 0 Å². The van der Waals surface area contributed by atoms with Crippen molar-refractivity contribution in [2.24, 2.45) is 0 Å². The number of hydrogen-bond donors (Lipinski definition) is 1. The molecular weight excluding hydrogens is 426 g/mol. The highest BCUT2D eigenvalue weighted by atomic mass is 32.2. The third-order valence-corrected chi connectivity index (χ3v) is 7.99. The van der Waals surface area contributed by atoms with Crippen molar-refractivity contribution < 1.29 is 0 Å². The lowest BCUT2D eigenvalue weighted by Gasteiger charge is -2.20.